The summed E-state index contributed by atoms with van der Waals surface area (Å²) < 4.78 is 13.4. The van der Waals surface area contributed by atoms with Crippen LogP contribution in [-0.2, 0) is 9.47 Å². The second kappa shape index (κ2) is 6.18. The minimum absolute atomic E-state index is 0.301. The first-order valence-corrected chi connectivity index (χ1v) is 9.90. The highest BCUT2D eigenvalue weighted by Crippen LogP contribution is 2.35. The van der Waals surface area contributed by atoms with E-state index in [1.807, 2.05) is 16.8 Å². The summed E-state index contributed by atoms with van der Waals surface area (Å²) in [5.41, 5.74) is 2.93. The lowest BCUT2D eigenvalue weighted by Gasteiger charge is -2.47. The Balaban J connectivity index is 1.50. The van der Waals surface area contributed by atoms with Gasteiger partial charge in [0.1, 0.15) is 11.2 Å². The minimum atomic E-state index is 0.301. The van der Waals surface area contributed by atoms with Crippen LogP contribution in [0.3, 0.4) is 0 Å². The number of nitrogens with one attached hydrogen (secondary N) is 1. The third kappa shape index (κ3) is 2.50. The van der Waals surface area contributed by atoms with Gasteiger partial charge >= 0.3 is 0 Å². The quantitative estimate of drug-likeness (QED) is 0.733. The van der Waals surface area contributed by atoms with E-state index in [-0.39, 0.29) is 0 Å². The predicted octanol–water partition coefficient (Wildman–Crippen LogP) is 1.32. The van der Waals surface area contributed by atoms with Crippen LogP contribution in [-0.4, -0.2) is 75.9 Å². The largest absolute Gasteiger partial charge is 0.377 e. The number of hydrogen-bond acceptors (Lipinski definition) is 7. The number of aromatic amines is 1. The van der Waals surface area contributed by atoms with Gasteiger partial charge in [0.05, 0.1) is 37.3 Å². The van der Waals surface area contributed by atoms with Crippen molar-refractivity contribution in [2.45, 2.75) is 31.6 Å². The number of fused-ring (bicyclic) bond motifs is 3. The topological polar surface area (TPSA) is 83.8 Å². The average molecular weight is 381 g/mol. The predicted molar refractivity (Wildman–Crippen MR) is 104 cm³/mol. The zero-order valence-electron chi connectivity index (χ0n) is 15.8. The molecule has 3 aromatic heterocycles. The summed E-state index contributed by atoms with van der Waals surface area (Å²) in [6.07, 6.45) is 5.53. The fourth-order valence-electron chi connectivity index (χ4n) is 4.52. The number of imidazole rings is 1. The van der Waals surface area contributed by atoms with Crippen molar-refractivity contribution in [2.75, 3.05) is 42.6 Å². The molecule has 2 bridgehead atoms. The standard InChI is InChI=1S/C19H23N7O2/c1-12-11-27-5-4-25(12)16-7-18(24-9-13-6-14(10-24)28-13)23-26-17(16)8-20-19(26)15-2-3-21-22-15/h2-3,7-8,12-14H,4-6,9-11H2,1H3,(H,21,22). The number of rotatable bonds is 3. The van der Waals surface area contributed by atoms with Gasteiger partial charge in [-0.2, -0.15) is 5.10 Å². The third-order valence-corrected chi connectivity index (χ3v) is 5.96. The number of hydrogen-bond donors (Lipinski definition) is 1. The summed E-state index contributed by atoms with van der Waals surface area (Å²) in [6, 6.07) is 4.43. The minimum Gasteiger partial charge on any atom is -0.377 e. The molecule has 4 aliphatic heterocycles. The smallest absolute Gasteiger partial charge is 0.182 e. The second-order valence-electron chi connectivity index (χ2n) is 7.86. The summed E-state index contributed by atoms with van der Waals surface area (Å²) in [7, 11) is 0. The van der Waals surface area contributed by atoms with Crippen molar-refractivity contribution < 1.29 is 9.47 Å². The molecule has 0 radical (unpaired) electrons. The van der Waals surface area contributed by atoms with Gasteiger partial charge in [0.25, 0.3) is 0 Å². The first-order valence-electron chi connectivity index (χ1n) is 9.90. The summed E-state index contributed by atoms with van der Waals surface area (Å²) >= 11 is 0. The Kier molecular flexibility index (Phi) is 3.60. The number of nitrogens with zero attached hydrogens (tertiary/aromatic N) is 6. The Hall–Kier alpha value is -2.65. The van der Waals surface area contributed by atoms with E-state index < -0.39 is 0 Å². The fourth-order valence-corrected chi connectivity index (χ4v) is 4.52. The molecule has 146 valence electrons. The molecule has 0 spiro atoms. The molecule has 3 atom stereocenters. The highest BCUT2D eigenvalue weighted by Gasteiger charge is 2.39. The molecule has 3 unspecified atom stereocenters. The molecule has 28 heavy (non-hydrogen) atoms. The van der Waals surface area contributed by atoms with Gasteiger partial charge in [0.15, 0.2) is 11.6 Å². The van der Waals surface area contributed by atoms with Gasteiger partial charge in [-0.15, -0.1) is 5.10 Å². The van der Waals surface area contributed by atoms with Crippen LogP contribution in [0.5, 0.6) is 0 Å². The summed E-state index contributed by atoms with van der Waals surface area (Å²) in [4.78, 5) is 9.39. The van der Waals surface area contributed by atoms with Crippen LogP contribution in [0, 0.1) is 0 Å². The average Bonchev–Trinajstić information content (AvgIpc) is 3.37. The molecule has 1 N–H and O–H groups in total. The Bertz CT molecular complexity index is 985. The molecule has 4 fully saturated rings. The van der Waals surface area contributed by atoms with Crippen molar-refractivity contribution in [3.63, 3.8) is 0 Å². The summed E-state index contributed by atoms with van der Waals surface area (Å²) in [5, 5.41) is 12.1. The van der Waals surface area contributed by atoms with E-state index in [4.69, 9.17) is 14.6 Å². The molecular formula is C19H23N7O2. The number of ether oxygens (including phenoxy) is 2. The Labute approximate surface area is 162 Å². The van der Waals surface area contributed by atoms with Crippen molar-refractivity contribution in [1.82, 2.24) is 24.8 Å². The second-order valence-corrected chi connectivity index (χ2v) is 7.86. The van der Waals surface area contributed by atoms with Crippen molar-refractivity contribution in [3.8, 4) is 11.5 Å². The molecule has 0 aliphatic carbocycles. The van der Waals surface area contributed by atoms with Crippen molar-refractivity contribution in [3.05, 3.63) is 24.5 Å². The molecular weight excluding hydrogens is 358 g/mol. The number of H-pyrrole nitrogens is 1. The molecule has 0 saturated carbocycles. The maximum atomic E-state index is 5.82. The van der Waals surface area contributed by atoms with E-state index in [1.165, 1.54) is 0 Å². The van der Waals surface area contributed by atoms with E-state index in [0.29, 0.717) is 18.2 Å². The Morgan fingerprint density at radius 2 is 2.11 bits per heavy atom. The highest BCUT2D eigenvalue weighted by atomic mass is 16.5. The van der Waals surface area contributed by atoms with E-state index in [2.05, 4.69) is 38.0 Å². The van der Waals surface area contributed by atoms with Crippen molar-refractivity contribution in [2.24, 2.45) is 0 Å². The zero-order chi connectivity index (χ0) is 18.7. The van der Waals surface area contributed by atoms with Gasteiger partial charge in [0, 0.05) is 44.4 Å². The lowest BCUT2D eigenvalue weighted by atomic mass is 9.99. The number of piperidine rings is 1. The van der Waals surface area contributed by atoms with E-state index >= 15 is 0 Å². The van der Waals surface area contributed by atoms with Gasteiger partial charge in [-0.3, -0.25) is 5.10 Å². The molecule has 0 amide bonds. The fraction of sp³-hybridized carbons (Fsp3) is 0.526. The lowest BCUT2D eigenvalue weighted by Crippen LogP contribution is -2.57. The summed E-state index contributed by atoms with van der Waals surface area (Å²) in [6.45, 7) is 6.30. The van der Waals surface area contributed by atoms with Gasteiger partial charge in [-0.25, -0.2) is 9.50 Å². The third-order valence-electron chi connectivity index (χ3n) is 5.96. The maximum Gasteiger partial charge on any atom is 0.182 e. The lowest BCUT2D eigenvalue weighted by molar-refractivity contribution is -0.133. The molecule has 3 aromatic rings. The molecule has 0 aromatic carbocycles. The molecule has 9 nitrogen and oxygen atoms in total. The van der Waals surface area contributed by atoms with Gasteiger partial charge < -0.3 is 19.3 Å². The molecule has 9 heteroatoms. The first-order chi connectivity index (χ1) is 13.8. The molecule has 7 heterocycles. The Morgan fingerprint density at radius 1 is 1.25 bits per heavy atom. The van der Waals surface area contributed by atoms with Crippen LogP contribution in [0.4, 0.5) is 11.5 Å². The van der Waals surface area contributed by atoms with Crippen LogP contribution < -0.4 is 9.80 Å². The van der Waals surface area contributed by atoms with Crippen molar-refractivity contribution in [1.29, 1.82) is 0 Å². The van der Waals surface area contributed by atoms with Crippen molar-refractivity contribution >= 4 is 17.0 Å². The summed E-state index contributed by atoms with van der Waals surface area (Å²) in [5.74, 6) is 1.72. The van der Waals surface area contributed by atoms with E-state index in [1.54, 1.807) is 6.20 Å². The molecule has 4 saturated heterocycles. The van der Waals surface area contributed by atoms with E-state index in [9.17, 15) is 0 Å². The normalized spacial score (nSPS) is 27.2. The monoisotopic (exact) mass is 381 g/mol. The highest BCUT2D eigenvalue weighted by molar-refractivity contribution is 5.78. The number of morpholine rings is 2. The zero-order valence-corrected chi connectivity index (χ0v) is 15.8. The van der Waals surface area contributed by atoms with Gasteiger partial charge in [-0.05, 0) is 13.0 Å². The number of aromatic nitrogens is 5. The van der Waals surface area contributed by atoms with Crippen LogP contribution in [0.15, 0.2) is 24.5 Å². The van der Waals surface area contributed by atoms with Gasteiger partial charge in [0.2, 0.25) is 0 Å². The maximum absolute atomic E-state index is 5.82. The number of anilines is 2. The molecule has 7 rings (SSSR count). The van der Waals surface area contributed by atoms with Gasteiger partial charge in [-0.1, -0.05) is 0 Å². The van der Waals surface area contributed by atoms with E-state index in [0.717, 1.165) is 67.8 Å². The van der Waals surface area contributed by atoms with Crippen LogP contribution >= 0.6 is 0 Å². The van der Waals surface area contributed by atoms with Crippen LogP contribution in [0.25, 0.3) is 17.0 Å². The SMILES string of the molecule is CC1COCCN1c1cc(N2CC3CC(C2)O3)nn2c(-c3cc[nH]n3)ncc12. The molecule has 4 aliphatic rings. The van der Waals surface area contributed by atoms with Crippen LogP contribution in [0.1, 0.15) is 13.3 Å². The van der Waals surface area contributed by atoms with Crippen LogP contribution in [0.2, 0.25) is 0 Å². The Morgan fingerprint density at radius 3 is 2.86 bits per heavy atom. The first kappa shape index (κ1) is 16.3.